The van der Waals surface area contributed by atoms with Crippen LogP contribution < -0.4 is 4.72 Å². The molecule has 7 heteroatoms. The van der Waals surface area contributed by atoms with Crippen molar-refractivity contribution < 1.29 is 13.2 Å². The average molecular weight is 383 g/mol. The summed E-state index contributed by atoms with van der Waals surface area (Å²) in [4.78, 5) is 15.5. The number of carbonyl (C=O) groups excluding carboxylic acids is 1. The van der Waals surface area contributed by atoms with Gasteiger partial charge in [0.05, 0.1) is 0 Å². The van der Waals surface area contributed by atoms with Crippen LogP contribution in [0.1, 0.15) is 61.8 Å². The van der Waals surface area contributed by atoms with Crippen molar-refractivity contribution in [3.63, 3.8) is 0 Å². The van der Waals surface area contributed by atoms with E-state index in [4.69, 9.17) is 0 Å². The van der Waals surface area contributed by atoms with Crippen molar-refractivity contribution in [1.82, 2.24) is 9.62 Å². The first kappa shape index (κ1) is 17.5. The van der Waals surface area contributed by atoms with Gasteiger partial charge in [-0.25, -0.2) is 13.1 Å². The van der Waals surface area contributed by atoms with Crippen LogP contribution in [0.15, 0.2) is 10.3 Å². The molecule has 1 amide bonds. The van der Waals surface area contributed by atoms with Crippen LogP contribution in [-0.4, -0.2) is 31.8 Å². The lowest BCUT2D eigenvalue weighted by atomic mass is 9.84. The van der Waals surface area contributed by atoms with Gasteiger partial charge in [-0.15, -0.1) is 11.3 Å². The molecule has 0 unspecified atom stereocenters. The van der Waals surface area contributed by atoms with Crippen molar-refractivity contribution in [2.45, 2.75) is 74.6 Å². The van der Waals surface area contributed by atoms with Crippen LogP contribution in [0.5, 0.6) is 0 Å². The highest BCUT2D eigenvalue weighted by atomic mass is 32.2. The molecule has 2 fully saturated rings. The Balaban J connectivity index is 1.46. The number of nitrogens with one attached hydrogen (secondary N) is 1. The van der Waals surface area contributed by atoms with Crippen LogP contribution in [0.25, 0.3) is 0 Å². The fourth-order valence-electron chi connectivity index (χ4n) is 4.04. The molecular weight excluding hydrogens is 356 g/mol. The summed E-state index contributed by atoms with van der Waals surface area (Å²) in [5.41, 5.74) is 1.02. The number of carbonyl (C=O) groups is 1. The second-order valence-electron chi connectivity index (χ2n) is 7.61. The molecule has 138 valence electrons. The molecule has 0 bridgehead atoms. The van der Waals surface area contributed by atoms with Crippen molar-refractivity contribution in [1.29, 1.82) is 0 Å². The number of sulfonamides is 1. The largest absolute Gasteiger partial charge is 0.338 e. The minimum absolute atomic E-state index is 0.0783. The summed E-state index contributed by atoms with van der Waals surface area (Å²) in [6.45, 7) is 1.29. The summed E-state index contributed by atoms with van der Waals surface area (Å²) < 4.78 is 28.7. The number of nitrogens with zero attached hydrogens (tertiary/aromatic N) is 1. The van der Waals surface area contributed by atoms with Gasteiger partial charge in [0.25, 0.3) is 0 Å². The summed E-state index contributed by atoms with van der Waals surface area (Å²) in [5, 5.41) is 0. The minimum atomic E-state index is -3.44. The molecule has 0 aromatic carbocycles. The van der Waals surface area contributed by atoms with E-state index >= 15 is 0 Å². The van der Waals surface area contributed by atoms with E-state index in [1.165, 1.54) is 17.8 Å². The standard InChI is InChI=1S/C18H26N2O3S2/c21-18(13-5-4-6-13)20-10-9-16-14(12-20)11-17(24-16)25(22,23)19-15-7-2-1-3-8-15/h11,13,15,19H,1-10,12H2. The van der Waals surface area contributed by atoms with Crippen molar-refractivity contribution in [2.75, 3.05) is 6.54 Å². The summed E-state index contributed by atoms with van der Waals surface area (Å²) in [7, 11) is -3.44. The predicted molar refractivity (Wildman–Crippen MR) is 98.0 cm³/mol. The highest BCUT2D eigenvalue weighted by Crippen LogP contribution is 2.34. The molecule has 2 heterocycles. The van der Waals surface area contributed by atoms with Gasteiger partial charge < -0.3 is 4.90 Å². The normalized spacial score (nSPS) is 22.5. The highest BCUT2D eigenvalue weighted by Gasteiger charge is 2.33. The van der Waals surface area contributed by atoms with Crippen LogP contribution in [-0.2, 0) is 27.8 Å². The fraction of sp³-hybridized carbons (Fsp3) is 0.722. The summed E-state index contributed by atoms with van der Waals surface area (Å²) >= 11 is 1.38. The Morgan fingerprint density at radius 1 is 1.12 bits per heavy atom. The molecule has 1 aliphatic heterocycles. The highest BCUT2D eigenvalue weighted by molar-refractivity contribution is 7.91. The third kappa shape index (κ3) is 3.64. The van der Waals surface area contributed by atoms with Crippen LogP contribution in [0.4, 0.5) is 0 Å². The van der Waals surface area contributed by atoms with Gasteiger partial charge in [0.15, 0.2) is 0 Å². The molecule has 0 radical (unpaired) electrons. The molecule has 25 heavy (non-hydrogen) atoms. The molecule has 3 aliphatic rings. The maximum Gasteiger partial charge on any atom is 0.250 e. The molecule has 1 aromatic heterocycles. The van der Waals surface area contributed by atoms with Crippen molar-refractivity contribution in [3.05, 3.63) is 16.5 Å². The number of hydrogen-bond donors (Lipinski definition) is 1. The number of amides is 1. The van der Waals surface area contributed by atoms with Crippen LogP contribution in [0.3, 0.4) is 0 Å². The van der Waals surface area contributed by atoms with Gasteiger partial charge in [0, 0.05) is 29.9 Å². The average Bonchev–Trinajstić information content (AvgIpc) is 2.98. The Hall–Kier alpha value is -0.920. The molecule has 0 atom stereocenters. The number of thiophene rings is 1. The molecule has 2 aliphatic carbocycles. The zero-order chi connectivity index (χ0) is 17.4. The molecule has 5 nitrogen and oxygen atoms in total. The Morgan fingerprint density at radius 2 is 1.88 bits per heavy atom. The SMILES string of the molecule is O=C(C1CCC1)N1CCc2sc(S(=O)(=O)NC3CCCCC3)cc2C1. The molecule has 0 saturated heterocycles. The van der Waals surface area contributed by atoms with E-state index in [1.807, 2.05) is 4.90 Å². The molecule has 1 N–H and O–H groups in total. The molecular formula is C18H26N2O3S2. The van der Waals surface area contributed by atoms with E-state index < -0.39 is 10.0 Å². The second kappa shape index (κ2) is 7.00. The van der Waals surface area contributed by atoms with Gasteiger partial charge in [-0.2, -0.15) is 0 Å². The lowest BCUT2D eigenvalue weighted by Crippen LogP contribution is -2.41. The minimum Gasteiger partial charge on any atom is -0.338 e. The number of rotatable bonds is 4. The van der Waals surface area contributed by atoms with Crippen LogP contribution >= 0.6 is 11.3 Å². The van der Waals surface area contributed by atoms with E-state index in [2.05, 4.69) is 4.72 Å². The van der Waals surface area contributed by atoms with E-state index in [0.29, 0.717) is 10.8 Å². The smallest absolute Gasteiger partial charge is 0.250 e. The maximum atomic E-state index is 12.7. The number of hydrogen-bond acceptors (Lipinski definition) is 4. The van der Waals surface area contributed by atoms with E-state index in [-0.39, 0.29) is 17.9 Å². The monoisotopic (exact) mass is 382 g/mol. The Labute approximate surface area is 153 Å². The predicted octanol–water partition coefficient (Wildman–Crippen LogP) is 3.04. The summed E-state index contributed by atoms with van der Waals surface area (Å²) in [5.74, 6) is 0.462. The van der Waals surface area contributed by atoms with Gasteiger partial charge >= 0.3 is 0 Å². The molecule has 1 aromatic rings. The zero-order valence-electron chi connectivity index (χ0n) is 14.5. The van der Waals surface area contributed by atoms with Gasteiger partial charge in [0.1, 0.15) is 4.21 Å². The fourth-order valence-corrected chi connectivity index (χ4v) is 6.90. The van der Waals surface area contributed by atoms with Gasteiger partial charge in [-0.3, -0.25) is 4.79 Å². The molecule has 0 spiro atoms. The van der Waals surface area contributed by atoms with Gasteiger partial charge in [-0.05, 0) is 43.7 Å². The van der Waals surface area contributed by atoms with Crippen molar-refractivity contribution >= 4 is 27.3 Å². The van der Waals surface area contributed by atoms with E-state index in [0.717, 1.165) is 68.4 Å². The third-order valence-electron chi connectivity index (χ3n) is 5.80. The molecule has 2 saturated carbocycles. The van der Waals surface area contributed by atoms with Crippen molar-refractivity contribution in [2.24, 2.45) is 5.92 Å². The zero-order valence-corrected chi connectivity index (χ0v) is 16.1. The summed E-state index contributed by atoms with van der Waals surface area (Å²) in [6, 6.07) is 1.88. The Bertz CT molecular complexity index is 746. The third-order valence-corrected chi connectivity index (χ3v) is 9.03. The molecule has 4 rings (SSSR count). The maximum absolute atomic E-state index is 12.7. The van der Waals surface area contributed by atoms with Crippen molar-refractivity contribution in [3.8, 4) is 0 Å². The lowest BCUT2D eigenvalue weighted by Gasteiger charge is -2.33. The van der Waals surface area contributed by atoms with Crippen LogP contribution in [0.2, 0.25) is 0 Å². The summed E-state index contributed by atoms with van der Waals surface area (Å²) in [6.07, 6.45) is 9.24. The number of fused-ring (bicyclic) bond motifs is 1. The Kier molecular flexibility index (Phi) is 4.90. The Morgan fingerprint density at radius 3 is 2.56 bits per heavy atom. The first-order chi connectivity index (χ1) is 12.0. The first-order valence-corrected chi connectivity index (χ1v) is 11.8. The van der Waals surface area contributed by atoms with Gasteiger partial charge in [0.2, 0.25) is 15.9 Å². The van der Waals surface area contributed by atoms with E-state index in [9.17, 15) is 13.2 Å². The van der Waals surface area contributed by atoms with Gasteiger partial charge in [-0.1, -0.05) is 25.7 Å². The topological polar surface area (TPSA) is 66.5 Å². The lowest BCUT2D eigenvalue weighted by molar-refractivity contribution is -0.139. The first-order valence-electron chi connectivity index (χ1n) is 9.45. The van der Waals surface area contributed by atoms with Crippen LogP contribution in [0, 0.1) is 5.92 Å². The van der Waals surface area contributed by atoms with E-state index in [1.54, 1.807) is 6.07 Å². The second-order valence-corrected chi connectivity index (χ2v) is 10.7. The quantitative estimate of drug-likeness (QED) is 0.870.